The first-order valence-electron chi connectivity index (χ1n) is 9.05. The van der Waals surface area contributed by atoms with Crippen LogP contribution in [-0.4, -0.2) is 25.6 Å². The largest absolute Gasteiger partial charge is 0.484 e. The molecule has 2 aromatic rings. The Kier molecular flexibility index (Phi) is 6.04. The molecule has 1 aliphatic heterocycles. The second-order valence-corrected chi connectivity index (χ2v) is 7.34. The number of hydrogen-bond donors (Lipinski definition) is 1. The van der Waals surface area contributed by atoms with Crippen LogP contribution in [0.15, 0.2) is 42.5 Å². The number of anilines is 2. The maximum absolute atomic E-state index is 12.3. The number of benzene rings is 2. The third kappa shape index (κ3) is 4.70. The van der Waals surface area contributed by atoms with E-state index in [1.54, 1.807) is 12.1 Å². The third-order valence-electron chi connectivity index (χ3n) is 4.80. The molecule has 1 N–H and O–H groups in total. The van der Waals surface area contributed by atoms with E-state index in [2.05, 4.69) is 23.2 Å². The molecule has 0 atom stereocenters. The number of piperidine rings is 1. The number of hydrogen-bond acceptors (Lipinski definition) is 3. The second kappa shape index (κ2) is 8.45. The molecule has 0 radical (unpaired) electrons. The van der Waals surface area contributed by atoms with Gasteiger partial charge >= 0.3 is 0 Å². The third-order valence-corrected chi connectivity index (χ3v) is 5.23. The Morgan fingerprint density at radius 1 is 1.23 bits per heavy atom. The van der Waals surface area contributed by atoms with Crippen molar-refractivity contribution in [3.8, 4) is 5.75 Å². The zero-order valence-corrected chi connectivity index (χ0v) is 16.1. The lowest BCUT2D eigenvalue weighted by Gasteiger charge is -2.33. The second-order valence-electron chi connectivity index (χ2n) is 6.93. The molecule has 138 valence electrons. The van der Waals surface area contributed by atoms with E-state index in [1.165, 1.54) is 12.8 Å². The highest BCUT2D eigenvalue weighted by Crippen LogP contribution is 2.29. The molecule has 2 aromatic carbocycles. The molecule has 1 heterocycles. The molecule has 5 heteroatoms. The molecule has 1 saturated heterocycles. The van der Waals surface area contributed by atoms with Crippen molar-refractivity contribution >= 4 is 28.9 Å². The summed E-state index contributed by atoms with van der Waals surface area (Å²) in [5.41, 5.74) is 2.84. The van der Waals surface area contributed by atoms with Crippen LogP contribution >= 0.6 is 11.6 Å². The normalized spacial score (nSPS) is 15.0. The Labute approximate surface area is 160 Å². The molecule has 3 rings (SSSR count). The number of para-hydroxylation sites is 2. The number of aryl methyl sites for hydroxylation is 1. The molecule has 1 amide bonds. The predicted octanol–water partition coefficient (Wildman–Crippen LogP) is 4.90. The maximum atomic E-state index is 12.3. The van der Waals surface area contributed by atoms with Crippen molar-refractivity contribution in [1.82, 2.24) is 0 Å². The zero-order valence-electron chi connectivity index (χ0n) is 15.3. The smallest absolute Gasteiger partial charge is 0.262 e. The van der Waals surface area contributed by atoms with Gasteiger partial charge < -0.3 is 15.0 Å². The minimum Gasteiger partial charge on any atom is -0.484 e. The van der Waals surface area contributed by atoms with Gasteiger partial charge in [-0.25, -0.2) is 0 Å². The number of nitrogens with zero attached hydrogens (tertiary/aromatic N) is 1. The highest BCUT2D eigenvalue weighted by Gasteiger charge is 2.19. The van der Waals surface area contributed by atoms with E-state index in [4.69, 9.17) is 16.3 Å². The lowest BCUT2D eigenvalue weighted by atomic mass is 9.98. The van der Waals surface area contributed by atoms with Crippen molar-refractivity contribution in [2.24, 2.45) is 5.92 Å². The first-order valence-corrected chi connectivity index (χ1v) is 9.43. The van der Waals surface area contributed by atoms with Gasteiger partial charge in [0.15, 0.2) is 6.61 Å². The van der Waals surface area contributed by atoms with E-state index in [0.717, 1.165) is 35.9 Å². The summed E-state index contributed by atoms with van der Waals surface area (Å²) in [5, 5.41) is 3.67. The molecular formula is C21H25ClN2O2. The Morgan fingerprint density at radius 2 is 1.96 bits per heavy atom. The summed E-state index contributed by atoms with van der Waals surface area (Å²) in [6.07, 6.45) is 2.36. The summed E-state index contributed by atoms with van der Waals surface area (Å²) >= 11 is 6.01. The van der Waals surface area contributed by atoms with Crippen LogP contribution in [0.5, 0.6) is 5.75 Å². The van der Waals surface area contributed by atoms with Gasteiger partial charge in [0.05, 0.1) is 11.4 Å². The summed E-state index contributed by atoms with van der Waals surface area (Å²) < 4.78 is 5.59. The van der Waals surface area contributed by atoms with Gasteiger partial charge in [-0.15, -0.1) is 0 Å². The van der Waals surface area contributed by atoms with E-state index in [9.17, 15) is 4.79 Å². The van der Waals surface area contributed by atoms with E-state index < -0.39 is 0 Å². The maximum Gasteiger partial charge on any atom is 0.262 e. The Bertz CT molecular complexity index is 770. The SMILES string of the molecule is Cc1cc(OCC(=O)Nc2ccccc2N2CCC(C)CC2)ccc1Cl. The fraction of sp³-hybridized carbons (Fsp3) is 0.381. The average Bonchev–Trinajstić information content (AvgIpc) is 2.64. The highest BCUT2D eigenvalue weighted by atomic mass is 35.5. The van der Waals surface area contributed by atoms with Gasteiger partial charge in [0, 0.05) is 18.1 Å². The van der Waals surface area contributed by atoms with E-state index in [0.29, 0.717) is 10.8 Å². The molecule has 26 heavy (non-hydrogen) atoms. The van der Waals surface area contributed by atoms with Crippen LogP contribution in [0, 0.1) is 12.8 Å². The number of ether oxygens (including phenoxy) is 1. The van der Waals surface area contributed by atoms with Gasteiger partial charge in [0.1, 0.15) is 5.75 Å². The average molecular weight is 373 g/mol. The van der Waals surface area contributed by atoms with Crippen LogP contribution in [0.3, 0.4) is 0 Å². The quantitative estimate of drug-likeness (QED) is 0.811. The first kappa shape index (κ1) is 18.6. The number of amides is 1. The molecule has 1 fully saturated rings. The van der Waals surface area contributed by atoms with Crippen LogP contribution in [0.1, 0.15) is 25.3 Å². The number of halogens is 1. The lowest BCUT2D eigenvalue weighted by Crippen LogP contribution is -2.33. The van der Waals surface area contributed by atoms with Crippen LogP contribution < -0.4 is 15.0 Å². The summed E-state index contributed by atoms with van der Waals surface area (Å²) in [5.74, 6) is 1.24. The Balaban J connectivity index is 1.61. The van der Waals surface area contributed by atoms with Crippen LogP contribution in [0.4, 0.5) is 11.4 Å². The summed E-state index contributed by atoms with van der Waals surface area (Å²) in [7, 11) is 0. The molecule has 0 saturated carbocycles. The molecule has 0 bridgehead atoms. The minimum absolute atomic E-state index is 0.0353. The van der Waals surface area contributed by atoms with Gasteiger partial charge in [-0.1, -0.05) is 30.7 Å². The van der Waals surface area contributed by atoms with Crippen LogP contribution in [0.25, 0.3) is 0 Å². The summed E-state index contributed by atoms with van der Waals surface area (Å²) in [4.78, 5) is 14.7. The van der Waals surface area contributed by atoms with Gasteiger partial charge in [-0.3, -0.25) is 4.79 Å². The summed E-state index contributed by atoms with van der Waals surface area (Å²) in [6.45, 7) is 6.21. The summed E-state index contributed by atoms with van der Waals surface area (Å²) in [6, 6.07) is 13.3. The van der Waals surface area contributed by atoms with Crippen molar-refractivity contribution in [3.05, 3.63) is 53.1 Å². The van der Waals surface area contributed by atoms with Crippen molar-refractivity contribution in [2.45, 2.75) is 26.7 Å². The van der Waals surface area contributed by atoms with E-state index >= 15 is 0 Å². The Morgan fingerprint density at radius 3 is 2.69 bits per heavy atom. The predicted molar refractivity (Wildman–Crippen MR) is 107 cm³/mol. The molecule has 0 aliphatic carbocycles. The minimum atomic E-state index is -0.171. The fourth-order valence-corrected chi connectivity index (χ4v) is 3.26. The molecule has 0 unspecified atom stereocenters. The van der Waals surface area contributed by atoms with Crippen LogP contribution in [-0.2, 0) is 4.79 Å². The number of rotatable bonds is 5. The molecule has 4 nitrogen and oxygen atoms in total. The van der Waals surface area contributed by atoms with Crippen molar-refractivity contribution in [2.75, 3.05) is 29.9 Å². The zero-order chi connectivity index (χ0) is 18.5. The van der Waals surface area contributed by atoms with Crippen molar-refractivity contribution < 1.29 is 9.53 Å². The van der Waals surface area contributed by atoms with E-state index in [-0.39, 0.29) is 12.5 Å². The number of carbonyl (C=O) groups is 1. The van der Waals surface area contributed by atoms with Gasteiger partial charge in [0.2, 0.25) is 0 Å². The topological polar surface area (TPSA) is 41.6 Å². The molecule has 0 aromatic heterocycles. The van der Waals surface area contributed by atoms with Gasteiger partial charge in [-0.05, 0) is 61.6 Å². The first-order chi connectivity index (χ1) is 12.5. The van der Waals surface area contributed by atoms with Crippen molar-refractivity contribution in [1.29, 1.82) is 0 Å². The van der Waals surface area contributed by atoms with Gasteiger partial charge in [-0.2, -0.15) is 0 Å². The fourth-order valence-electron chi connectivity index (χ4n) is 3.15. The molecular weight excluding hydrogens is 348 g/mol. The standard InChI is InChI=1S/C21H25ClN2O2/c1-15-9-11-24(12-10-15)20-6-4-3-5-19(20)23-21(25)14-26-17-7-8-18(22)16(2)13-17/h3-8,13,15H,9-12,14H2,1-2H3,(H,23,25). The molecule has 0 spiro atoms. The number of carbonyl (C=O) groups excluding carboxylic acids is 1. The van der Waals surface area contributed by atoms with Gasteiger partial charge in [0.25, 0.3) is 5.91 Å². The monoisotopic (exact) mass is 372 g/mol. The lowest BCUT2D eigenvalue weighted by molar-refractivity contribution is -0.118. The molecule has 1 aliphatic rings. The Hall–Kier alpha value is -2.20. The van der Waals surface area contributed by atoms with E-state index in [1.807, 2.05) is 31.2 Å². The van der Waals surface area contributed by atoms with Crippen molar-refractivity contribution in [3.63, 3.8) is 0 Å². The highest BCUT2D eigenvalue weighted by molar-refractivity contribution is 6.31. The number of nitrogens with one attached hydrogen (secondary N) is 1. The van der Waals surface area contributed by atoms with Crippen LogP contribution in [0.2, 0.25) is 5.02 Å².